The second-order valence-corrected chi connectivity index (χ2v) is 5.52. The number of pyridine rings is 1. The average molecular weight is 335 g/mol. The largest absolute Gasteiger partial charge is 0.490 e. The van der Waals surface area contributed by atoms with Crippen molar-refractivity contribution in [2.75, 3.05) is 37.9 Å². The van der Waals surface area contributed by atoms with E-state index in [4.69, 9.17) is 16.3 Å². The highest BCUT2D eigenvalue weighted by Crippen LogP contribution is 2.28. The number of nitrogens with one attached hydrogen (secondary N) is 2. The first-order valence-electron chi connectivity index (χ1n) is 7.11. The number of anilines is 2. The molecule has 122 valence electrons. The van der Waals surface area contributed by atoms with Gasteiger partial charge in [0.25, 0.3) is 0 Å². The number of ether oxygens (including phenoxy) is 1. The van der Waals surface area contributed by atoms with Gasteiger partial charge in [-0.2, -0.15) is 0 Å². The Balaban J connectivity index is 2.02. The van der Waals surface area contributed by atoms with Gasteiger partial charge >= 0.3 is 6.03 Å². The molecule has 0 bridgehead atoms. The number of hydrogen-bond acceptors (Lipinski definition) is 4. The summed E-state index contributed by atoms with van der Waals surface area (Å²) in [4.78, 5) is 18.1. The summed E-state index contributed by atoms with van der Waals surface area (Å²) in [6.45, 7) is 1.27. The lowest BCUT2D eigenvalue weighted by Gasteiger charge is -2.15. The third-order valence-electron chi connectivity index (χ3n) is 2.89. The number of amides is 2. The van der Waals surface area contributed by atoms with Crippen molar-refractivity contribution in [3.8, 4) is 5.75 Å². The lowest BCUT2D eigenvalue weighted by molar-refractivity contribution is 0.258. The fraction of sp³-hybridized carbons (Fsp3) is 0.250. The highest BCUT2D eigenvalue weighted by molar-refractivity contribution is 6.31. The molecule has 1 heterocycles. The minimum Gasteiger partial charge on any atom is -0.490 e. The van der Waals surface area contributed by atoms with Gasteiger partial charge in [0.1, 0.15) is 18.2 Å². The number of benzene rings is 1. The van der Waals surface area contributed by atoms with E-state index in [9.17, 15) is 4.79 Å². The van der Waals surface area contributed by atoms with E-state index in [0.29, 0.717) is 28.9 Å². The number of rotatable bonds is 6. The van der Waals surface area contributed by atoms with Crippen molar-refractivity contribution >= 4 is 29.1 Å². The second kappa shape index (κ2) is 8.36. The third kappa shape index (κ3) is 5.77. The summed E-state index contributed by atoms with van der Waals surface area (Å²) in [7, 11) is 3.93. The summed E-state index contributed by atoms with van der Waals surface area (Å²) >= 11 is 6.00. The Bertz CT molecular complexity index is 650. The van der Waals surface area contributed by atoms with E-state index in [2.05, 4.69) is 15.6 Å². The van der Waals surface area contributed by atoms with Crippen LogP contribution in [-0.4, -0.2) is 43.2 Å². The van der Waals surface area contributed by atoms with Gasteiger partial charge in [-0.05, 0) is 44.4 Å². The molecule has 2 aromatic rings. The molecule has 7 heteroatoms. The number of nitrogens with zero attached hydrogens (tertiary/aromatic N) is 2. The van der Waals surface area contributed by atoms with Crippen molar-refractivity contribution in [2.45, 2.75) is 0 Å². The molecule has 0 unspecified atom stereocenters. The molecule has 2 amide bonds. The second-order valence-electron chi connectivity index (χ2n) is 5.09. The number of urea groups is 1. The summed E-state index contributed by atoms with van der Waals surface area (Å²) in [5, 5.41) is 5.88. The highest BCUT2D eigenvalue weighted by atomic mass is 35.5. The summed E-state index contributed by atoms with van der Waals surface area (Å²) in [6.07, 6.45) is 1.60. The molecule has 2 N–H and O–H groups in total. The normalized spacial score (nSPS) is 10.4. The van der Waals surface area contributed by atoms with Gasteiger partial charge < -0.3 is 15.0 Å². The Morgan fingerprint density at radius 3 is 2.78 bits per heavy atom. The van der Waals surface area contributed by atoms with Crippen LogP contribution < -0.4 is 15.4 Å². The van der Waals surface area contributed by atoms with Crippen LogP contribution >= 0.6 is 11.6 Å². The predicted octanol–water partition coefficient (Wildman–Crippen LogP) is 3.32. The van der Waals surface area contributed by atoms with E-state index in [1.165, 1.54) is 0 Å². The minimum atomic E-state index is -0.413. The van der Waals surface area contributed by atoms with Crippen LogP contribution in [0.3, 0.4) is 0 Å². The molecule has 0 aliphatic carbocycles. The van der Waals surface area contributed by atoms with E-state index >= 15 is 0 Å². The van der Waals surface area contributed by atoms with Crippen LogP contribution in [0.2, 0.25) is 5.02 Å². The van der Waals surface area contributed by atoms with Crippen LogP contribution in [-0.2, 0) is 0 Å². The molecule has 1 aromatic carbocycles. The standard InChI is InChI=1S/C16H19ClN4O2/c1-21(2)9-10-23-14-7-6-12(17)11-13(14)19-16(22)20-15-5-3-4-8-18-15/h3-8,11H,9-10H2,1-2H3,(H2,18,19,20,22). The maximum atomic E-state index is 12.1. The van der Waals surface area contributed by atoms with E-state index in [1.807, 2.05) is 19.0 Å². The number of halogens is 1. The van der Waals surface area contributed by atoms with Crippen molar-refractivity contribution in [1.29, 1.82) is 0 Å². The summed E-state index contributed by atoms with van der Waals surface area (Å²) in [5.41, 5.74) is 0.504. The average Bonchev–Trinajstić information content (AvgIpc) is 2.50. The monoisotopic (exact) mass is 334 g/mol. The summed E-state index contributed by atoms with van der Waals surface area (Å²) < 4.78 is 5.70. The van der Waals surface area contributed by atoms with Gasteiger partial charge in [-0.15, -0.1) is 0 Å². The van der Waals surface area contributed by atoms with Gasteiger partial charge in [-0.25, -0.2) is 9.78 Å². The van der Waals surface area contributed by atoms with Crippen molar-refractivity contribution in [3.63, 3.8) is 0 Å². The first-order valence-corrected chi connectivity index (χ1v) is 7.48. The molecular formula is C16H19ClN4O2. The number of hydrogen-bond donors (Lipinski definition) is 2. The predicted molar refractivity (Wildman–Crippen MR) is 92.4 cm³/mol. The SMILES string of the molecule is CN(C)CCOc1ccc(Cl)cc1NC(=O)Nc1ccccn1. The lowest BCUT2D eigenvalue weighted by Crippen LogP contribution is -2.22. The Kier molecular flexibility index (Phi) is 6.19. The quantitative estimate of drug-likeness (QED) is 0.850. The van der Waals surface area contributed by atoms with E-state index in [-0.39, 0.29) is 0 Å². The molecule has 0 saturated heterocycles. The number of aromatic nitrogens is 1. The van der Waals surface area contributed by atoms with Crippen molar-refractivity contribution < 1.29 is 9.53 Å². The van der Waals surface area contributed by atoms with E-state index in [1.54, 1.807) is 42.6 Å². The van der Waals surface area contributed by atoms with E-state index in [0.717, 1.165) is 6.54 Å². The molecule has 0 atom stereocenters. The van der Waals surface area contributed by atoms with Gasteiger partial charge in [0.2, 0.25) is 0 Å². The first-order chi connectivity index (χ1) is 11.0. The molecule has 1 aromatic heterocycles. The van der Waals surface area contributed by atoms with E-state index < -0.39 is 6.03 Å². The molecule has 0 aliphatic heterocycles. The fourth-order valence-electron chi connectivity index (χ4n) is 1.77. The Labute approximate surface area is 140 Å². The van der Waals surface area contributed by atoms with Crippen LogP contribution in [0.25, 0.3) is 0 Å². The zero-order valence-corrected chi connectivity index (χ0v) is 13.8. The zero-order valence-electron chi connectivity index (χ0n) is 13.0. The maximum Gasteiger partial charge on any atom is 0.324 e. The molecule has 0 saturated carbocycles. The van der Waals surface area contributed by atoms with Gasteiger partial charge in [0, 0.05) is 17.8 Å². The van der Waals surface area contributed by atoms with Crippen LogP contribution in [0.15, 0.2) is 42.6 Å². The van der Waals surface area contributed by atoms with Gasteiger partial charge in [-0.3, -0.25) is 5.32 Å². The van der Waals surface area contributed by atoms with Crippen LogP contribution in [0, 0.1) is 0 Å². The molecule has 0 aliphatic rings. The Morgan fingerprint density at radius 1 is 1.26 bits per heavy atom. The van der Waals surface area contributed by atoms with Crippen LogP contribution in [0.1, 0.15) is 0 Å². The lowest BCUT2D eigenvalue weighted by atomic mass is 10.3. The molecule has 0 spiro atoms. The van der Waals surface area contributed by atoms with Crippen LogP contribution in [0.4, 0.5) is 16.3 Å². The topological polar surface area (TPSA) is 66.5 Å². The van der Waals surface area contributed by atoms with Crippen LogP contribution in [0.5, 0.6) is 5.75 Å². The van der Waals surface area contributed by atoms with Gasteiger partial charge in [-0.1, -0.05) is 17.7 Å². The van der Waals surface area contributed by atoms with Gasteiger partial charge in [0.15, 0.2) is 0 Å². The Morgan fingerprint density at radius 2 is 2.09 bits per heavy atom. The molecular weight excluding hydrogens is 316 g/mol. The zero-order chi connectivity index (χ0) is 16.7. The summed E-state index contributed by atoms with van der Waals surface area (Å²) in [5.74, 6) is 1.02. The molecule has 6 nitrogen and oxygen atoms in total. The third-order valence-corrected chi connectivity index (χ3v) is 3.13. The highest BCUT2D eigenvalue weighted by Gasteiger charge is 2.09. The minimum absolute atomic E-state index is 0.413. The van der Waals surface area contributed by atoms with Crippen molar-refractivity contribution in [3.05, 3.63) is 47.6 Å². The molecule has 0 radical (unpaired) electrons. The molecule has 23 heavy (non-hydrogen) atoms. The fourth-order valence-corrected chi connectivity index (χ4v) is 1.94. The maximum absolute atomic E-state index is 12.1. The van der Waals surface area contributed by atoms with Crippen molar-refractivity contribution in [2.24, 2.45) is 0 Å². The molecule has 2 rings (SSSR count). The smallest absolute Gasteiger partial charge is 0.324 e. The first kappa shape index (κ1) is 17.1. The summed E-state index contributed by atoms with van der Waals surface area (Å²) in [6, 6.07) is 9.94. The Hall–Kier alpha value is -2.31. The van der Waals surface area contributed by atoms with Crippen molar-refractivity contribution in [1.82, 2.24) is 9.88 Å². The number of likely N-dealkylation sites (N-methyl/N-ethyl adjacent to an activating group) is 1. The number of carbonyl (C=O) groups excluding carboxylic acids is 1. The number of carbonyl (C=O) groups is 1. The molecule has 0 fully saturated rings. The van der Waals surface area contributed by atoms with Gasteiger partial charge in [0.05, 0.1) is 5.69 Å².